The van der Waals surface area contributed by atoms with Gasteiger partial charge in [-0.2, -0.15) is 5.26 Å². The van der Waals surface area contributed by atoms with Crippen molar-refractivity contribution in [3.05, 3.63) is 58.4 Å². The van der Waals surface area contributed by atoms with Crippen molar-refractivity contribution in [3.63, 3.8) is 0 Å². The van der Waals surface area contributed by atoms with Gasteiger partial charge in [0.2, 0.25) is 0 Å². The predicted molar refractivity (Wildman–Crippen MR) is 72.2 cm³/mol. The first-order chi connectivity index (χ1) is 9.51. The average Bonchev–Trinajstić information content (AvgIpc) is 2.41. The second-order valence-electron chi connectivity index (χ2n) is 3.92. The molecule has 0 saturated heterocycles. The number of hydrogen-bond acceptors (Lipinski definition) is 3. The highest BCUT2D eigenvalue weighted by molar-refractivity contribution is 6.32. The lowest BCUT2D eigenvalue weighted by atomic mass is 10.1. The third-order valence-electron chi connectivity index (χ3n) is 2.55. The Bertz CT molecular complexity index is 726. The van der Waals surface area contributed by atoms with Crippen molar-refractivity contribution >= 4 is 23.2 Å². The number of rotatable bonds is 2. The summed E-state index contributed by atoms with van der Waals surface area (Å²) >= 11 is 5.83. The van der Waals surface area contributed by atoms with E-state index >= 15 is 0 Å². The number of benzene rings is 2. The van der Waals surface area contributed by atoms with E-state index in [0.29, 0.717) is 5.69 Å². The van der Waals surface area contributed by atoms with Gasteiger partial charge < -0.3 is 10.4 Å². The minimum atomic E-state index is -0.678. The van der Waals surface area contributed by atoms with E-state index in [1.807, 2.05) is 6.07 Å². The third kappa shape index (κ3) is 2.87. The van der Waals surface area contributed by atoms with Crippen molar-refractivity contribution in [2.75, 3.05) is 5.32 Å². The highest BCUT2D eigenvalue weighted by atomic mass is 35.5. The third-order valence-corrected chi connectivity index (χ3v) is 2.86. The number of amides is 1. The van der Waals surface area contributed by atoms with Crippen LogP contribution >= 0.6 is 11.6 Å². The highest BCUT2D eigenvalue weighted by Gasteiger charge is 2.13. The summed E-state index contributed by atoms with van der Waals surface area (Å²) in [6.45, 7) is 0. The predicted octanol–water partition coefficient (Wildman–Crippen LogP) is 3.31. The van der Waals surface area contributed by atoms with Crippen LogP contribution in [0.5, 0.6) is 5.75 Å². The number of carbonyl (C=O) groups is 1. The van der Waals surface area contributed by atoms with Crippen molar-refractivity contribution in [1.29, 1.82) is 5.26 Å². The van der Waals surface area contributed by atoms with Crippen LogP contribution in [0.3, 0.4) is 0 Å². The summed E-state index contributed by atoms with van der Waals surface area (Å²) in [7, 11) is 0. The van der Waals surface area contributed by atoms with Gasteiger partial charge in [0.05, 0.1) is 16.1 Å². The molecule has 0 spiro atoms. The molecule has 0 aromatic heterocycles. The maximum Gasteiger partial charge on any atom is 0.259 e. The quantitative estimate of drug-likeness (QED) is 0.891. The van der Waals surface area contributed by atoms with E-state index in [1.54, 1.807) is 0 Å². The number of hydrogen-bond donors (Lipinski definition) is 2. The molecule has 0 bridgehead atoms. The van der Waals surface area contributed by atoms with Crippen molar-refractivity contribution in [2.24, 2.45) is 0 Å². The molecule has 6 heteroatoms. The van der Waals surface area contributed by atoms with Crippen LogP contribution in [0.25, 0.3) is 0 Å². The van der Waals surface area contributed by atoms with Crippen LogP contribution in [0.15, 0.2) is 36.4 Å². The van der Waals surface area contributed by atoms with Gasteiger partial charge in [0.1, 0.15) is 17.6 Å². The monoisotopic (exact) mass is 290 g/mol. The molecule has 2 N–H and O–H groups in total. The lowest BCUT2D eigenvalue weighted by molar-refractivity contribution is 0.102. The first-order valence-corrected chi connectivity index (χ1v) is 5.88. The Morgan fingerprint density at radius 1 is 1.30 bits per heavy atom. The summed E-state index contributed by atoms with van der Waals surface area (Å²) in [6.07, 6.45) is 0. The Morgan fingerprint density at radius 2 is 2.05 bits per heavy atom. The van der Waals surface area contributed by atoms with E-state index in [9.17, 15) is 14.3 Å². The molecule has 2 aromatic carbocycles. The standard InChI is InChI=1S/C14H8ClFN2O2/c15-12-6-10(3-1-8(12)7-17)18-14(20)11-5-9(16)2-4-13(11)19/h1-6,19H,(H,18,20). The fraction of sp³-hybridized carbons (Fsp3) is 0. The molecule has 2 aromatic rings. The maximum absolute atomic E-state index is 13.1. The van der Waals surface area contributed by atoms with E-state index in [4.69, 9.17) is 16.9 Å². The zero-order valence-corrected chi connectivity index (χ0v) is 10.8. The second kappa shape index (κ2) is 5.59. The van der Waals surface area contributed by atoms with E-state index in [-0.39, 0.29) is 21.9 Å². The van der Waals surface area contributed by atoms with Gasteiger partial charge >= 0.3 is 0 Å². The summed E-state index contributed by atoms with van der Waals surface area (Å²) in [5.74, 6) is -1.64. The molecule has 0 heterocycles. The smallest absolute Gasteiger partial charge is 0.259 e. The Labute approximate surface area is 119 Å². The number of nitrogens with zero attached hydrogens (tertiary/aromatic N) is 1. The van der Waals surface area contributed by atoms with Gasteiger partial charge in [-0.15, -0.1) is 0 Å². The fourth-order valence-corrected chi connectivity index (χ4v) is 1.79. The number of halogens is 2. The molecule has 100 valence electrons. The zero-order chi connectivity index (χ0) is 14.7. The lowest BCUT2D eigenvalue weighted by Crippen LogP contribution is -2.12. The first-order valence-electron chi connectivity index (χ1n) is 5.51. The SMILES string of the molecule is N#Cc1ccc(NC(=O)c2cc(F)ccc2O)cc1Cl. The molecule has 0 aliphatic rings. The molecule has 20 heavy (non-hydrogen) atoms. The van der Waals surface area contributed by atoms with Crippen LogP contribution in [0.2, 0.25) is 5.02 Å². The summed E-state index contributed by atoms with van der Waals surface area (Å²) in [5.41, 5.74) is 0.423. The van der Waals surface area contributed by atoms with E-state index in [1.165, 1.54) is 18.2 Å². The Kier molecular flexibility index (Phi) is 3.87. The molecule has 1 amide bonds. The Balaban J connectivity index is 2.26. The van der Waals surface area contributed by atoms with E-state index < -0.39 is 11.7 Å². The van der Waals surface area contributed by atoms with Crippen LogP contribution in [-0.2, 0) is 0 Å². The zero-order valence-electron chi connectivity index (χ0n) is 10.0. The second-order valence-corrected chi connectivity index (χ2v) is 4.33. The van der Waals surface area contributed by atoms with Crippen LogP contribution in [-0.4, -0.2) is 11.0 Å². The molecule has 0 fully saturated rings. The summed E-state index contributed by atoms with van der Waals surface area (Å²) in [5, 5.41) is 20.9. The van der Waals surface area contributed by atoms with Gasteiger partial charge in [-0.05, 0) is 36.4 Å². The van der Waals surface area contributed by atoms with Crippen LogP contribution < -0.4 is 5.32 Å². The molecule has 0 aliphatic heterocycles. The summed E-state index contributed by atoms with van der Waals surface area (Å²) < 4.78 is 13.1. The lowest BCUT2D eigenvalue weighted by Gasteiger charge is -2.07. The molecular formula is C14H8ClFN2O2. The number of anilines is 1. The molecule has 4 nitrogen and oxygen atoms in total. The maximum atomic E-state index is 13.1. The van der Waals surface area contributed by atoms with Crippen molar-refractivity contribution in [2.45, 2.75) is 0 Å². The van der Waals surface area contributed by atoms with E-state index in [0.717, 1.165) is 18.2 Å². The van der Waals surface area contributed by atoms with Crippen LogP contribution in [0.1, 0.15) is 15.9 Å². The van der Waals surface area contributed by atoms with Crippen molar-refractivity contribution in [1.82, 2.24) is 0 Å². The van der Waals surface area contributed by atoms with Gasteiger partial charge in [-0.3, -0.25) is 4.79 Å². The molecule has 0 radical (unpaired) electrons. The van der Waals surface area contributed by atoms with Gasteiger partial charge in [0, 0.05) is 5.69 Å². The van der Waals surface area contributed by atoms with Crippen LogP contribution in [0, 0.1) is 17.1 Å². The molecule has 0 atom stereocenters. The Morgan fingerprint density at radius 3 is 2.70 bits per heavy atom. The van der Waals surface area contributed by atoms with Crippen molar-refractivity contribution < 1.29 is 14.3 Å². The molecule has 0 unspecified atom stereocenters. The summed E-state index contributed by atoms with van der Waals surface area (Å²) in [6, 6.07) is 9.29. The number of phenolic OH excluding ortho intramolecular Hbond substituents is 1. The minimum Gasteiger partial charge on any atom is -0.507 e. The molecule has 0 aliphatic carbocycles. The molecule has 0 saturated carbocycles. The van der Waals surface area contributed by atoms with Gasteiger partial charge in [-0.1, -0.05) is 11.6 Å². The number of aromatic hydroxyl groups is 1. The topological polar surface area (TPSA) is 73.1 Å². The van der Waals surface area contributed by atoms with E-state index in [2.05, 4.69) is 5.32 Å². The van der Waals surface area contributed by atoms with Gasteiger partial charge in [-0.25, -0.2) is 4.39 Å². The van der Waals surface area contributed by atoms with Gasteiger partial charge in [0.25, 0.3) is 5.91 Å². The minimum absolute atomic E-state index is 0.189. The number of phenols is 1. The average molecular weight is 291 g/mol. The normalized spacial score (nSPS) is 9.85. The van der Waals surface area contributed by atoms with Gasteiger partial charge in [0.15, 0.2) is 0 Å². The van der Waals surface area contributed by atoms with Crippen LogP contribution in [0.4, 0.5) is 10.1 Å². The van der Waals surface area contributed by atoms with Crippen molar-refractivity contribution in [3.8, 4) is 11.8 Å². The molecular weight excluding hydrogens is 283 g/mol. The highest BCUT2D eigenvalue weighted by Crippen LogP contribution is 2.23. The Hall–Kier alpha value is -2.58. The number of nitriles is 1. The summed E-state index contributed by atoms with van der Waals surface area (Å²) in [4.78, 5) is 11.9. The fourth-order valence-electron chi connectivity index (χ4n) is 1.57. The first kappa shape index (κ1) is 13.8. The number of nitrogens with one attached hydrogen (secondary N) is 1. The largest absolute Gasteiger partial charge is 0.507 e. The molecule has 2 rings (SSSR count). The number of carbonyl (C=O) groups excluding carboxylic acids is 1.